The molecule has 0 spiro atoms. The summed E-state index contributed by atoms with van der Waals surface area (Å²) in [6.45, 7) is 3.67. The van der Waals surface area contributed by atoms with Crippen LogP contribution in [-0.2, 0) is 32.0 Å². The Morgan fingerprint density at radius 3 is 2.62 bits per heavy atom. The summed E-state index contributed by atoms with van der Waals surface area (Å²) in [4.78, 5) is 14.9. The van der Waals surface area contributed by atoms with Crippen molar-refractivity contribution in [3.05, 3.63) is 65.2 Å². The molecule has 2 aromatic carbocycles. The maximum atomic E-state index is 14.0. The van der Waals surface area contributed by atoms with Gasteiger partial charge in [-0.1, -0.05) is 30.3 Å². The summed E-state index contributed by atoms with van der Waals surface area (Å²) < 4.78 is 45.6. The summed E-state index contributed by atoms with van der Waals surface area (Å²) >= 11 is 0. The number of carbonyl (C=O) groups is 1. The molecule has 0 radical (unpaired) electrons. The zero-order chi connectivity index (χ0) is 24.0. The van der Waals surface area contributed by atoms with Crippen molar-refractivity contribution >= 4 is 12.1 Å². The number of halogens is 2. The molecule has 1 N–H and O–H groups in total. The van der Waals surface area contributed by atoms with Crippen LogP contribution in [0.15, 0.2) is 42.5 Å². The number of anilines is 1. The predicted molar refractivity (Wildman–Crippen MR) is 123 cm³/mol. The molecule has 34 heavy (non-hydrogen) atoms. The van der Waals surface area contributed by atoms with Crippen LogP contribution in [0.25, 0.3) is 0 Å². The normalized spacial score (nSPS) is 22.1. The maximum Gasteiger partial charge on any atom is 0.209 e. The summed E-state index contributed by atoms with van der Waals surface area (Å²) in [5, 5.41) is 3.43. The number of hydrogen-bond acceptors (Lipinski definition) is 6. The number of ether oxygens (including phenoxy) is 3. The highest BCUT2D eigenvalue weighted by Gasteiger charge is 2.50. The van der Waals surface area contributed by atoms with E-state index in [2.05, 4.69) is 5.32 Å². The Bertz CT molecular complexity index is 965. The second-order valence-corrected chi connectivity index (χ2v) is 8.58. The molecule has 0 saturated carbocycles. The zero-order valence-corrected chi connectivity index (χ0v) is 19.3. The van der Waals surface area contributed by atoms with Gasteiger partial charge in [-0.2, -0.15) is 0 Å². The van der Waals surface area contributed by atoms with Crippen LogP contribution in [0.1, 0.15) is 11.1 Å². The molecule has 1 fully saturated rings. The van der Waals surface area contributed by atoms with Gasteiger partial charge in [0.15, 0.2) is 17.4 Å². The van der Waals surface area contributed by atoms with E-state index in [-0.39, 0.29) is 12.6 Å². The second kappa shape index (κ2) is 11.2. The minimum atomic E-state index is -0.905. The van der Waals surface area contributed by atoms with Crippen LogP contribution in [0.5, 0.6) is 0 Å². The fraction of sp³-hybridized carbons (Fsp3) is 0.480. The fourth-order valence-electron chi connectivity index (χ4n) is 4.66. The van der Waals surface area contributed by atoms with E-state index < -0.39 is 17.4 Å². The third-order valence-electron chi connectivity index (χ3n) is 6.46. The zero-order valence-electron chi connectivity index (χ0n) is 19.3. The van der Waals surface area contributed by atoms with Gasteiger partial charge in [-0.3, -0.25) is 4.79 Å². The molecule has 4 rings (SSSR count). The number of fused-ring (bicyclic) bond motifs is 1. The number of nitrogens with zero attached hydrogens (tertiary/aromatic N) is 2. The van der Waals surface area contributed by atoms with Crippen molar-refractivity contribution in [2.75, 3.05) is 58.0 Å². The molecule has 1 saturated heterocycles. The van der Waals surface area contributed by atoms with E-state index in [4.69, 9.17) is 14.2 Å². The molecule has 2 aliphatic rings. The number of rotatable bonds is 11. The molecule has 0 aromatic heterocycles. The molecule has 9 heteroatoms. The van der Waals surface area contributed by atoms with Crippen LogP contribution < -0.4 is 10.2 Å². The molecule has 2 heterocycles. The van der Waals surface area contributed by atoms with Crippen molar-refractivity contribution in [1.29, 1.82) is 0 Å². The minimum Gasteiger partial charge on any atom is -0.377 e. The lowest BCUT2D eigenvalue weighted by atomic mass is 9.96. The summed E-state index contributed by atoms with van der Waals surface area (Å²) in [6.07, 6.45) is 1.18. The molecule has 0 bridgehead atoms. The van der Waals surface area contributed by atoms with Crippen LogP contribution in [0.2, 0.25) is 0 Å². The number of carbonyl (C=O) groups excluding carboxylic acids is 1. The van der Waals surface area contributed by atoms with E-state index in [0.29, 0.717) is 63.7 Å². The molecule has 7 nitrogen and oxygen atoms in total. The number of benzene rings is 2. The Kier molecular flexibility index (Phi) is 8.10. The minimum absolute atomic E-state index is 0.246. The van der Waals surface area contributed by atoms with Crippen molar-refractivity contribution in [3.8, 4) is 0 Å². The van der Waals surface area contributed by atoms with Gasteiger partial charge in [-0.05, 0) is 17.2 Å². The highest BCUT2D eigenvalue weighted by molar-refractivity contribution is 5.61. The van der Waals surface area contributed by atoms with E-state index in [1.54, 1.807) is 4.90 Å². The van der Waals surface area contributed by atoms with Crippen molar-refractivity contribution in [1.82, 2.24) is 10.2 Å². The van der Waals surface area contributed by atoms with Gasteiger partial charge in [-0.25, -0.2) is 8.78 Å². The number of likely N-dealkylation sites (N-methyl/N-ethyl adjacent to an activating group) is 1. The first kappa shape index (κ1) is 24.5. The molecule has 2 unspecified atom stereocenters. The fourth-order valence-corrected chi connectivity index (χ4v) is 4.66. The predicted octanol–water partition coefficient (Wildman–Crippen LogP) is 2.33. The van der Waals surface area contributed by atoms with Crippen LogP contribution in [0.4, 0.5) is 14.5 Å². The number of nitrogens with one attached hydrogen (secondary N) is 1. The Morgan fingerprint density at radius 1 is 1.09 bits per heavy atom. The first-order valence-corrected chi connectivity index (χ1v) is 11.5. The largest absolute Gasteiger partial charge is 0.377 e. The van der Waals surface area contributed by atoms with Crippen LogP contribution in [0.3, 0.4) is 0 Å². The second-order valence-electron chi connectivity index (χ2n) is 8.58. The molecule has 2 aromatic rings. The highest BCUT2D eigenvalue weighted by atomic mass is 19.2. The molecule has 184 valence electrons. The molecule has 1 amide bonds. The van der Waals surface area contributed by atoms with Crippen LogP contribution in [0, 0.1) is 11.6 Å². The van der Waals surface area contributed by atoms with Crippen molar-refractivity contribution < 1.29 is 27.8 Å². The van der Waals surface area contributed by atoms with Gasteiger partial charge in [0.05, 0.1) is 39.1 Å². The summed E-state index contributed by atoms with van der Waals surface area (Å²) in [7, 11) is 1.81. The van der Waals surface area contributed by atoms with Gasteiger partial charge >= 0.3 is 0 Å². The number of piperazine rings is 1. The van der Waals surface area contributed by atoms with Crippen LogP contribution in [-0.4, -0.2) is 76.2 Å². The first-order chi connectivity index (χ1) is 16.5. The smallest absolute Gasteiger partial charge is 0.209 e. The van der Waals surface area contributed by atoms with E-state index in [0.717, 1.165) is 12.0 Å². The average molecular weight is 476 g/mol. The summed E-state index contributed by atoms with van der Waals surface area (Å²) in [5.41, 5.74) is 1.45. The third-order valence-corrected chi connectivity index (χ3v) is 6.46. The Balaban J connectivity index is 1.34. The molecule has 2 atom stereocenters. The van der Waals surface area contributed by atoms with Gasteiger partial charge in [0.2, 0.25) is 6.41 Å². The van der Waals surface area contributed by atoms with Crippen molar-refractivity contribution in [2.45, 2.75) is 24.8 Å². The highest BCUT2D eigenvalue weighted by Crippen LogP contribution is 2.42. The molecular weight excluding hydrogens is 444 g/mol. The lowest BCUT2D eigenvalue weighted by molar-refractivity contribution is -0.124. The Hall–Kier alpha value is -2.59. The SMILES string of the molecule is CN1c2cc(F)c(F)cc2CC1(OCCOCCOCc1ccccc1)C1CN(C=O)CCN1. The summed E-state index contributed by atoms with van der Waals surface area (Å²) in [5.74, 6) is -1.78. The van der Waals surface area contributed by atoms with Crippen molar-refractivity contribution in [2.24, 2.45) is 0 Å². The molecule has 0 aliphatic carbocycles. The van der Waals surface area contributed by atoms with Gasteiger partial charge in [-0.15, -0.1) is 0 Å². The van der Waals surface area contributed by atoms with Gasteiger partial charge in [0.1, 0.15) is 0 Å². The quantitative estimate of drug-likeness (QED) is 0.398. The monoisotopic (exact) mass is 475 g/mol. The summed E-state index contributed by atoms with van der Waals surface area (Å²) in [6, 6.07) is 12.1. The average Bonchev–Trinajstić information content (AvgIpc) is 3.13. The first-order valence-electron chi connectivity index (χ1n) is 11.5. The lowest BCUT2D eigenvalue weighted by Crippen LogP contribution is -2.67. The standard InChI is InChI=1S/C25H31F2N3O4/c1-29-23-14-22(27)21(26)13-20(23)15-25(29,24-16-30(18-31)8-7-28-24)34-12-11-32-9-10-33-17-19-5-3-2-4-6-19/h2-6,13-14,18,24,28H,7-12,15-17H2,1H3. The topological polar surface area (TPSA) is 63.3 Å². The Morgan fingerprint density at radius 2 is 1.82 bits per heavy atom. The van der Waals surface area contributed by atoms with E-state index in [1.807, 2.05) is 42.3 Å². The van der Waals surface area contributed by atoms with Gasteiger partial charge in [0, 0.05) is 44.9 Å². The van der Waals surface area contributed by atoms with E-state index >= 15 is 0 Å². The van der Waals surface area contributed by atoms with E-state index in [9.17, 15) is 13.6 Å². The molecular formula is C25H31F2N3O4. The maximum absolute atomic E-state index is 14.0. The van der Waals surface area contributed by atoms with Gasteiger partial charge < -0.3 is 29.3 Å². The van der Waals surface area contributed by atoms with E-state index in [1.165, 1.54) is 12.1 Å². The third kappa shape index (κ3) is 5.38. The molecule has 2 aliphatic heterocycles. The number of hydrogen-bond donors (Lipinski definition) is 1. The number of amides is 1. The van der Waals surface area contributed by atoms with Gasteiger partial charge in [0.25, 0.3) is 0 Å². The van der Waals surface area contributed by atoms with Crippen molar-refractivity contribution in [3.63, 3.8) is 0 Å². The lowest BCUT2D eigenvalue weighted by Gasteiger charge is -2.47. The Labute approximate surface area is 198 Å². The van der Waals surface area contributed by atoms with Crippen LogP contribution >= 0.6 is 0 Å².